The summed E-state index contributed by atoms with van der Waals surface area (Å²) < 4.78 is 22.6. The molecule has 0 unspecified atom stereocenters. The van der Waals surface area contributed by atoms with Crippen molar-refractivity contribution in [3.63, 3.8) is 0 Å². The molecule has 4 N–H and O–H groups in total. The van der Waals surface area contributed by atoms with E-state index < -0.39 is 10.0 Å². The molecule has 0 aliphatic rings. The van der Waals surface area contributed by atoms with E-state index in [1.165, 1.54) is 23.3 Å². The smallest absolute Gasteiger partial charge is 0.238 e. The van der Waals surface area contributed by atoms with E-state index in [0.717, 1.165) is 11.3 Å². The highest BCUT2D eigenvalue weighted by Gasteiger charge is 2.11. The first kappa shape index (κ1) is 18.4. The van der Waals surface area contributed by atoms with E-state index in [1.807, 2.05) is 32.0 Å². The Labute approximate surface area is 148 Å². The third kappa shape index (κ3) is 4.77. The van der Waals surface area contributed by atoms with Gasteiger partial charge >= 0.3 is 0 Å². The highest BCUT2D eigenvalue weighted by Crippen LogP contribution is 2.17. The summed E-state index contributed by atoms with van der Waals surface area (Å²) in [6, 6.07) is 12.4. The van der Waals surface area contributed by atoms with Crippen LogP contribution in [0.4, 0.5) is 5.69 Å². The number of anilines is 1. The van der Waals surface area contributed by atoms with Crippen LogP contribution < -0.4 is 15.8 Å². The van der Waals surface area contributed by atoms with Crippen LogP contribution in [-0.4, -0.2) is 13.5 Å². The van der Waals surface area contributed by atoms with Gasteiger partial charge in [-0.25, -0.2) is 13.6 Å². The van der Waals surface area contributed by atoms with Gasteiger partial charge in [-0.3, -0.25) is 0 Å². The fraction of sp³-hybridized carbons (Fsp3) is 0.235. The molecule has 0 spiro atoms. The van der Waals surface area contributed by atoms with Crippen LogP contribution in [0.25, 0.3) is 0 Å². The van der Waals surface area contributed by atoms with Gasteiger partial charge in [-0.05, 0) is 73.9 Å². The maximum atomic E-state index is 11.3. The SMILES string of the molecule is Cc1ccc(NC(=S)N[C@H](C)c2ccc(S(N)(=O)=O)cc2)cc1C. The minimum atomic E-state index is -3.68. The monoisotopic (exact) mass is 363 g/mol. The quantitative estimate of drug-likeness (QED) is 0.727. The summed E-state index contributed by atoms with van der Waals surface area (Å²) in [5, 5.41) is 11.9. The lowest BCUT2D eigenvalue weighted by Gasteiger charge is -2.18. The summed E-state index contributed by atoms with van der Waals surface area (Å²) >= 11 is 5.34. The van der Waals surface area contributed by atoms with E-state index in [0.29, 0.717) is 5.11 Å². The molecule has 1 atom stereocenters. The number of benzene rings is 2. The lowest BCUT2D eigenvalue weighted by Crippen LogP contribution is -2.31. The molecule has 2 rings (SSSR count). The predicted octanol–water partition coefficient (Wildman–Crippen LogP) is 3.00. The molecule has 0 aliphatic carbocycles. The Morgan fingerprint density at radius 1 is 1.08 bits per heavy atom. The summed E-state index contributed by atoms with van der Waals surface area (Å²) in [5.74, 6) is 0. The molecular weight excluding hydrogens is 342 g/mol. The first-order chi connectivity index (χ1) is 11.2. The van der Waals surface area contributed by atoms with Crippen LogP contribution in [0.5, 0.6) is 0 Å². The van der Waals surface area contributed by atoms with Crippen molar-refractivity contribution in [2.45, 2.75) is 31.7 Å². The van der Waals surface area contributed by atoms with Gasteiger partial charge < -0.3 is 10.6 Å². The molecule has 0 saturated heterocycles. The lowest BCUT2D eigenvalue weighted by molar-refractivity contribution is 0.597. The molecule has 5 nitrogen and oxygen atoms in total. The van der Waals surface area contributed by atoms with Gasteiger partial charge in [0.25, 0.3) is 0 Å². The molecule has 7 heteroatoms. The zero-order chi connectivity index (χ0) is 17.9. The van der Waals surface area contributed by atoms with E-state index in [4.69, 9.17) is 17.4 Å². The minimum Gasteiger partial charge on any atom is -0.356 e. The van der Waals surface area contributed by atoms with Crippen molar-refractivity contribution in [3.8, 4) is 0 Å². The molecule has 2 aromatic rings. The molecule has 128 valence electrons. The normalized spacial score (nSPS) is 12.5. The maximum absolute atomic E-state index is 11.3. The molecule has 0 fully saturated rings. The van der Waals surface area contributed by atoms with Crippen LogP contribution in [0.3, 0.4) is 0 Å². The van der Waals surface area contributed by atoms with Gasteiger partial charge in [0.15, 0.2) is 5.11 Å². The van der Waals surface area contributed by atoms with Crippen LogP contribution in [0.15, 0.2) is 47.4 Å². The molecule has 0 heterocycles. The standard InChI is InChI=1S/C17H21N3O2S2/c1-11-4-7-15(10-12(11)2)20-17(23)19-13(3)14-5-8-16(9-6-14)24(18,21)22/h4-10,13H,1-3H3,(H2,18,21,22)(H2,19,20,23)/t13-/m1/s1. The van der Waals surface area contributed by atoms with Crippen molar-refractivity contribution in [1.82, 2.24) is 5.32 Å². The maximum Gasteiger partial charge on any atom is 0.238 e. The average Bonchev–Trinajstić information content (AvgIpc) is 2.50. The molecule has 24 heavy (non-hydrogen) atoms. The second-order valence-electron chi connectivity index (χ2n) is 5.73. The molecule has 0 aliphatic heterocycles. The van der Waals surface area contributed by atoms with Crippen LogP contribution in [0, 0.1) is 13.8 Å². The molecule has 0 saturated carbocycles. The second kappa shape index (κ2) is 7.29. The van der Waals surface area contributed by atoms with Gasteiger partial charge in [0.05, 0.1) is 10.9 Å². The topological polar surface area (TPSA) is 84.2 Å². The highest BCUT2D eigenvalue weighted by atomic mass is 32.2. The van der Waals surface area contributed by atoms with Crippen molar-refractivity contribution in [2.75, 3.05) is 5.32 Å². The Hall–Kier alpha value is -1.96. The van der Waals surface area contributed by atoms with Crippen LogP contribution >= 0.6 is 12.2 Å². The third-order valence-corrected chi connectivity index (χ3v) is 4.97. The first-order valence-electron chi connectivity index (χ1n) is 7.44. The largest absolute Gasteiger partial charge is 0.356 e. The molecule has 2 aromatic carbocycles. The zero-order valence-electron chi connectivity index (χ0n) is 13.8. The number of primary sulfonamides is 1. The molecule has 0 radical (unpaired) electrons. The van der Waals surface area contributed by atoms with Crippen molar-refractivity contribution in [3.05, 3.63) is 59.2 Å². The number of sulfonamides is 1. The summed E-state index contributed by atoms with van der Waals surface area (Å²) in [7, 11) is -3.68. The van der Waals surface area contributed by atoms with E-state index in [1.54, 1.807) is 12.1 Å². The molecule has 0 amide bonds. The number of thiocarbonyl (C=S) groups is 1. The fourth-order valence-corrected chi connectivity index (χ4v) is 3.02. The van der Waals surface area contributed by atoms with E-state index >= 15 is 0 Å². The van der Waals surface area contributed by atoms with Gasteiger partial charge in [-0.15, -0.1) is 0 Å². The number of aryl methyl sites for hydroxylation is 2. The Morgan fingerprint density at radius 3 is 2.25 bits per heavy atom. The number of nitrogens with two attached hydrogens (primary N) is 1. The van der Waals surface area contributed by atoms with E-state index in [9.17, 15) is 8.42 Å². The number of rotatable bonds is 4. The summed E-state index contributed by atoms with van der Waals surface area (Å²) in [6.07, 6.45) is 0. The number of nitrogens with one attached hydrogen (secondary N) is 2. The highest BCUT2D eigenvalue weighted by molar-refractivity contribution is 7.89. The first-order valence-corrected chi connectivity index (χ1v) is 9.40. The number of hydrogen-bond donors (Lipinski definition) is 3. The van der Waals surface area contributed by atoms with Crippen molar-refractivity contribution < 1.29 is 8.42 Å². The molecule has 0 bridgehead atoms. The minimum absolute atomic E-state index is 0.0777. The van der Waals surface area contributed by atoms with Crippen molar-refractivity contribution in [2.24, 2.45) is 5.14 Å². The third-order valence-electron chi connectivity index (χ3n) is 3.82. The van der Waals surface area contributed by atoms with Crippen molar-refractivity contribution in [1.29, 1.82) is 0 Å². The molecule has 0 aromatic heterocycles. The second-order valence-corrected chi connectivity index (χ2v) is 7.70. The predicted molar refractivity (Wildman–Crippen MR) is 102 cm³/mol. The Kier molecular flexibility index (Phi) is 5.58. The Morgan fingerprint density at radius 2 is 1.71 bits per heavy atom. The van der Waals surface area contributed by atoms with Crippen LogP contribution in [-0.2, 0) is 10.0 Å². The number of hydrogen-bond acceptors (Lipinski definition) is 3. The van der Waals surface area contributed by atoms with Gasteiger partial charge in [0.1, 0.15) is 0 Å². The van der Waals surface area contributed by atoms with Crippen LogP contribution in [0.2, 0.25) is 0 Å². The Balaban J connectivity index is 2.01. The summed E-state index contributed by atoms with van der Waals surface area (Å²) in [5.41, 5.74) is 4.25. The van der Waals surface area contributed by atoms with Gasteiger partial charge in [0.2, 0.25) is 10.0 Å². The van der Waals surface area contributed by atoms with Crippen molar-refractivity contribution >= 4 is 33.0 Å². The Bertz CT molecular complexity index is 847. The van der Waals surface area contributed by atoms with Crippen LogP contribution in [0.1, 0.15) is 29.7 Å². The summed E-state index contributed by atoms with van der Waals surface area (Å²) in [6.45, 7) is 6.05. The average molecular weight is 364 g/mol. The van der Waals surface area contributed by atoms with E-state index in [-0.39, 0.29) is 10.9 Å². The summed E-state index contributed by atoms with van der Waals surface area (Å²) in [4.78, 5) is 0.0919. The van der Waals surface area contributed by atoms with Gasteiger partial charge in [-0.1, -0.05) is 18.2 Å². The zero-order valence-corrected chi connectivity index (χ0v) is 15.5. The lowest BCUT2D eigenvalue weighted by atomic mass is 10.1. The molecular formula is C17H21N3O2S2. The fourth-order valence-electron chi connectivity index (χ4n) is 2.21. The van der Waals surface area contributed by atoms with Gasteiger partial charge in [-0.2, -0.15) is 0 Å². The van der Waals surface area contributed by atoms with E-state index in [2.05, 4.69) is 17.6 Å². The van der Waals surface area contributed by atoms with Gasteiger partial charge in [0, 0.05) is 5.69 Å².